The van der Waals surface area contributed by atoms with Crippen molar-refractivity contribution in [3.05, 3.63) is 35.4 Å². The highest BCUT2D eigenvalue weighted by Crippen LogP contribution is 2.63. The standard InChI is InChI=1S/C21H25F2NO5/c1-5-28-17(26)9-16(25)18-14-10-21(14,13-8-12(22)6-7-15(13)23)11-24(18)19(27)29-20(2,3)4/h6-8,14,18H,5,9-11H2,1-4H3. The summed E-state index contributed by atoms with van der Waals surface area (Å²) in [7, 11) is 0. The number of ether oxygens (including phenoxy) is 2. The number of carbonyl (C=O) groups is 3. The highest BCUT2D eigenvalue weighted by Gasteiger charge is 2.69. The maximum absolute atomic E-state index is 14.5. The van der Waals surface area contributed by atoms with Crippen molar-refractivity contribution in [1.29, 1.82) is 0 Å². The van der Waals surface area contributed by atoms with Crippen molar-refractivity contribution in [2.24, 2.45) is 5.92 Å². The lowest BCUT2D eigenvalue weighted by molar-refractivity contribution is -0.146. The van der Waals surface area contributed by atoms with Crippen LogP contribution in [0.15, 0.2) is 18.2 Å². The quantitative estimate of drug-likeness (QED) is 0.551. The molecule has 0 bridgehead atoms. The molecule has 29 heavy (non-hydrogen) atoms. The fourth-order valence-electron chi connectivity index (χ4n) is 4.18. The molecular weight excluding hydrogens is 384 g/mol. The Kier molecular flexibility index (Phi) is 5.40. The summed E-state index contributed by atoms with van der Waals surface area (Å²) >= 11 is 0. The van der Waals surface area contributed by atoms with Gasteiger partial charge in [-0.25, -0.2) is 13.6 Å². The van der Waals surface area contributed by atoms with Gasteiger partial charge in [-0.1, -0.05) is 0 Å². The molecule has 0 spiro atoms. The van der Waals surface area contributed by atoms with E-state index < -0.39 is 58.9 Å². The molecule has 3 unspecified atom stereocenters. The van der Waals surface area contributed by atoms with Crippen LogP contribution in [0.2, 0.25) is 0 Å². The van der Waals surface area contributed by atoms with Crippen molar-refractivity contribution in [1.82, 2.24) is 4.90 Å². The van der Waals surface area contributed by atoms with Crippen molar-refractivity contribution in [2.45, 2.75) is 57.6 Å². The maximum atomic E-state index is 14.5. The summed E-state index contributed by atoms with van der Waals surface area (Å²) in [5.41, 5.74) is -1.52. The van der Waals surface area contributed by atoms with Gasteiger partial charge in [0.25, 0.3) is 0 Å². The number of hydrogen-bond donors (Lipinski definition) is 0. The summed E-state index contributed by atoms with van der Waals surface area (Å²) in [5.74, 6) is -2.76. The van der Waals surface area contributed by atoms with E-state index in [-0.39, 0.29) is 18.7 Å². The number of rotatable bonds is 5. The van der Waals surface area contributed by atoms with E-state index in [0.717, 1.165) is 18.2 Å². The molecule has 1 saturated carbocycles. The van der Waals surface area contributed by atoms with Crippen LogP contribution in [0.4, 0.5) is 13.6 Å². The molecule has 1 amide bonds. The van der Waals surface area contributed by atoms with Crippen LogP contribution < -0.4 is 0 Å². The molecule has 2 aliphatic rings. The summed E-state index contributed by atoms with van der Waals surface area (Å²) < 4.78 is 38.5. The lowest BCUT2D eigenvalue weighted by Gasteiger charge is -2.30. The molecule has 1 aliphatic carbocycles. The number of hydrogen-bond acceptors (Lipinski definition) is 5. The zero-order chi connectivity index (χ0) is 21.6. The van der Waals surface area contributed by atoms with Gasteiger partial charge in [-0.05, 0) is 63.8 Å². The first kappa shape index (κ1) is 21.2. The molecule has 3 rings (SSSR count). The first-order valence-electron chi connectivity index (χ1n) is 9.62. The average molecular weight is 409 g/mol. The van der Waals surface area contributed by atoms with Crippen LogP contribution in [0.1, 0.15) is 46.1 Å². The van der Waals surface area contributed by atoms with Gasteiger partial charge in [0, 0.05) is 12.0 Å². The Morgan fingerprint density at radius 2 is 1.93 bits per heavy atom. The average Bonchev–Trinajstić information content (AvgIpc) is 3.20. The van der Waals surface area contributed by atoms with Gasteiger partial charge in [0.2, 0.25) is 0 Å². The zero-order valence-corrected chi connectivity index (χ0v) is 17.0. The van der Waals surface area contributed by atoms with Crippen molar-refractivity contribution in [3.8, 4) is 0 Å². The van der Waals surface area contributed by atoms with Gasteiger partial charge in [0.15, 0.2) is 5.78 Å². The van der Waals surface area contributed by atoms with E-state index in [4.69, 9.17) is 9.47 Å². The van der Waals surface area contributed by atoms with Gasteiger partial charge in [-0.15, -0.1) is 0 Å². The number of benzene rings is 1. The van der Waals surface area contributed by atoms with Gasteiger partial charge in [-0.2, -0.15) is 0 Å². The number of fused-ring (bicyclic) bond motifs is 1. The van der Waals surface area contributed by atoms with Crippen molar-refractivity contribution >= 4 is 17.8 Å². The first-order valence-corrected chi connectivity index (χ1v) is 9.62. The van der Waals surface area contributed by atoms with Crippen molar-refractivity contribution < 1.29 is 32.6 Å². The summed E-state index contributed by atoms with van der Waals surface area (Å²) in [6.07, 6.45) is -0.787. The van der Waals surface area contributed by atoms with Gasteiger partial charge in [0.1, 0.15) is 23.7 Å². The van der Waals surface area contributed by atoms with E-state index in [1.54, 1.807) is 27.7 Å². The Hall–Kier alpha value is -2.51. The van der Waals surface area contributed by atoms with Gasteiger partial charge in [-0.3, -0.25) is 14.5 Å². The van der Waals surface area contributed by atoms with Crippen LogP contribution in [-0.4, -0.2) is 47.5 Å². The molecular formula is C21H25F2NO5. The first-order chi connectivity index (χ1) is 13.5. The molecule has 2 fully saturated rings. The number of amides is 1. The Balaban J connectivity index is 1.92. The van der Waals surface area contributed by atoms with Crippen LogP contribution in [0.25, 0.3) is 0 Å². The van der Waals surface area contributed by atoms with E-state index in [1.165, 1.54) is 4.90 Å². The van der Waals surface area contributed by atoms with Crippen molar-refractivity contribution in [2.75, 3.05) is 13.2 Å². The number of ketones is 1. The van der Waals surface area contributed by atoms with Crippen LogP contribution in [-0.2, 0) is 24.5 Å². The Labute approximate surface area is 168 Å². The SMILES string of the molecule is CCOC(=O)CC(=O)C1C2CC2(c2cc(F)ccc2F)CN1C(=O)OC(C)(C)C. The molecule has 1 heterocycles. The van der Waals surface area contributed by atoms with E-state index >= 15 is 0 Å². The number of Topliss-reactive ketones (excluding diaryl/α,β-unsaturated/α-hetero) is 1. The lowest BCUT2D eigenvalue weighted by atomic mass is 9.93. The summed E-state index contributed by atoms with van der Waals surface area (Å²) in [4.78, 5) is 38.6. The third kappa shape index (κ3) is 4.11. The molecule has 1 aliphatic heterocycles. The highest BCUT2D eigenvalue weighted by atomic mass is 19.1. The molecule has 0 radical (unpaired) electrons. The number of nitrogens with zero attached hydrogens (tertiary/aromatic N) is 1. The second-order valence-corrected chi connectivity index (χ2v) is 8.59. The van der Waals surface area contributed by atoms with Crippen LogP contribution in [0.3, 0.4) is 0 Å². The summed E-state index contributed by atoms with van der Waals surface area (Å²) in [6, 6.07) is 2.23. The molecule has 158 valence electrons. The maximum Gasteiger partial charge on any atom is 0.410 e. The summed E-state index contributed by atoms with van der Waals surface area (Å²) in [6.45, 7) is 6.86. The smallest absolute Gasteiger partial charge is 0.410 e. The van der Waals surface area contributed by atoms with E-state index in [2.05, 4.69) is 0 Å². The van der Waals surface area contributed by atoms with Gasteiger partial charge < -0.3 is 9.47 Å². The van der Waals surface area contributed by atoms with Crippen LogP contribution >= 0.6 is 0 Å². The largest absolute Gasteiger partial charge is 0.466 e. The molecule has 3 atom stereocenters. The predicted molar refractivity (Wildman–Crippen MR) is 99.1 cm³/mol. The second kappa shape index (κ2) is 7.39. The lowest BCUT2D eigenvalue weighted by Crippen LogP contribution is -2.46. The Morgan fingerprint density at radius 3 is 2.55 bits per heavy atom. The number of esters is 1. The number of likely N-dealkylation sites (tertiary alicyclic amines) is 1. The minimum atomic E-state index is -0.947. The van der Waals surface area contributed by atoms with Crippen LogP contribution in [0, 0.1) is 17.6 Å². The third-order valence-corrected chi connectivity index (χ3v) is 5.35. The Morgan fingerprint density at radius 1 is 1.24 bits per heavy atom. The monoisotopic (exact) mass is 409 g/mol. The predicted octanol–water partition coefficient (Wildman–Crippen LogP) is 3.36. The minimum Gasteiger partial charge on any atom is -0.466 e. The fourth-order valence-corrected chi connectivity index (χ4v) is 4.18. The molecule has 0 aromatic heterocycles. The molecule has 1 saturated heterocycles. The molecule has 8 heteroatoms. The van der Waals surface area contributed by atoms with Crippen molar-refractivity contribution in [3.63, 3.8) is 0 Å². The second-order valence-electron chi connectivity index (χ2n) is 8.59. The van der Waals surface area contributed by atoms with E-state index in [1.807, 2.05) is 0 Å². The topological polar surface area (TPSA) is 72.9 Å². The van der Waals surface area contributed by atoms with E-state index in [9.17, 15) is 23.2 Å². The van der Waals surface area contributed by atoms with Gasteiger partial charge >= 0.3 is 12.1 Å². The van der Waals surface area contributed by atoms with Gasteiger partial charge in [0.05, 0.1) is 12.6 Å². The number of carbonyl (C=O) groups excluding carboxylic acids is 3. The Bertz CT molecular complexity index is 850. The number of halogens is 2. The summed E-state index contributed by atoms with van der Waals surface area (Å²) in [5, 5.41) is 0. The van der Waals surface area contributed by atoms with Crippen LogP contribution in [0.5, 0.6) is 0 Å². The number of piperidine rings is 1. The molecule has 0 N–H and O–H groups in total. The molecule has 1 aromatic rings. The normalized spacial score (nSPS) is 25.4. The highest BCUT2D eigenvalue weighted by molar-refractivity contribution is 6.00. The third-order valence-electron chi connectivity index (χ3n) is 5.35. The van der Waals surface area contributed by atoms with E-state index in [0.29, 0.717) is 6.42 Å². The molecule has 1 aromatic carbocycles. The molecule has 6 nitrogen and oxygen atoms in total. The fraction of sp³-hybridized carbons (Fsp3) is 0.571. The minimum absolute atomic E-state index is 0.0200. The zero-order valence-electron chi connectivity index (χ0n) is 17.0.